The van der Waals surface area contributed by atoms with E-state index in [0.29, 0.717) is 0 Å². The third-order valence-electron chi connectivity index (χ3n) is 2.81. The summed E-state index contributed by atoms with van der Waals surface area (Å²) in [6.45, 7) is 5.57. The number of hydrogen-bond acceptors (Lipinski definition) is 3. The average Bonchev–Trinajstić information content (AvgIpc) is 2.60. The first-order valence-electron chi connectivity index (χ1n) is 5.05. The Labute approximate surface area is 92.7 Å². The van der Waals surface area contributed by atoms with Gasteiger partial charge in [-0.2, -0.15) is 0 Å². The molecule has 16 heavy (non-hydrogen) atoms. The van der Waals surface area contributed by atoms with Crippen LogP contribution in [0.15, 0.2) is 12.1 Å². The summed E-state index contributed by atoms with van der Waals surface area (Å²) in [5.74, 6) is -0.912. The van der Waals surface area contributed by atoms with Gasteiger partial charge in [0.25, 0.3) is 0 Å². The van der Waals surface area contributed by atoms with Gasteiger partial charge < -0.3 is 5.11 Å². The Morgan fingerprint density at radius 1 is 1.38 bits per heavy atom. The summed E-state index contributed by atoms with van der Waals surface area (Å²) in [5, 5.41) is 16.8. The van der Waals surface area contributed by atoms with Crippen LogP contribution in [0.2, 0.25) is 0 Å². The fraction of sp³-hybridized carbons (Fsp3) is 0.364. The number of rotatable bonds is 2. The van der Waals surface area contributed by atoms with Crippen molar-refractivity contribution in [2.45, 2.75) is 26.8 Å². The Morgan fingerprint density at radius 2 is 2.00 bits per heavy atom. The molecule has 5 heteroatoms. The molecule has 0 radical (unpaired) electrons. The molecular weight excluding hydrogens is 206 g/mol. The van der Waals surface area contributed by atoms with E-state index in [2.05, 4.69) is 10.3 Å². The van der Waals surface area contributed by atoms with E-state index in [0.717, 1.165) is 22.2 Å². The predicted molar refractivity (Wildman–Crippen MR) is 59.3 cm³/mol. The highest BCUT2D eigenvalue weighted by Gasteiger charge is 2.17. The van der Waals surface area contributed by atoms with E-state index in [9.17, 15) is 4.79 Å². The molecule has 84 valence electrons. The van der Waals surface area contributed by atoms with Crippen molar-refractivity contribution >= 4 is 17.0 Å². The maximum absolute atomic E-state index is 10.9. The van der Waals surface area contributed by atoms with Crippen molar-refractivity contribution in [1.29, 1.82) is 0 Å². The largest absolute Gasteiger partial charge is 0.480 e. The number of nitrogens with zero attached hydrogens (tertiary/aromatic N) is 3. The van der Waals surface area contributed by atoms with Crippen LogP contribution in [0.3, 0.4) is 0 Å². The monoisotopic (exact) mass is 219 g/mol. The first kappa shape index (κ1) is 10.6. The molecule has 0 fully saturated rings. The van der Waals surface area contributed by atoms with Crippen LogP contribution in [0.25, 0.3) is 11.0 Å². The lowest BCUT2D eigenvalue weighted by molar-refractivity contribution is -0.140. The number of benzene rings is 1. The molecular formula is C11H13N3O2. The van der Waals surface area contributed by atoms with E-state index >= 15 is 0 Å². The van der Waals surface area contributed by atoms with E-state index in [4.69, 9.17) is 5.11 Å². The van der Waals surface area contributed by atoms with Crippen molar-refractivity contribution in [3.63, 3.8) is 0 Å². The Hall–Kier alpha value is -1.91. The summed E-state index contributed by atoms with van der Waals surface area (Å²) in [7, 11) is 0. The van der Waals surface area contributed by atoms with Gasteiger partial charge in [0.2, 0.25) is 0 Å². The van der Waals surface area contributed by atoms with Crippen LogP contribution in [0, 0.1) is 13.8 Å². The first-order chi connectivity index (χ1) is 7.50. The second kappa shape index (κ2) is 3.59. The van der Waals surface area contributed by atoms with E-state index in [1.807, 2.05) is 26.0 Å². The van der Waals surface area contributed by atoms with Crippen LogP contribution >= 0.6 is 0 Å². The smallest absolute Gasteiger partial charge is 0.328 e. The van der Waals surface area contributed by atoms with Crippen molar-refractivity contribution in [1.82, 2.24) is 15.0 Å². The Balaban J connectivity index is 2.65. The van der Waals surface area contributed by atoms with Gasteiger partial charge in [0.15, 0.2) is 0 Å². The van der Waals surface area contributed by atoms with Gasteiger partial charge >= 0.3 is 5.97 Å². The number of carbonyl (C=O) groups is 1. The summed E-state index contributed by atoms with van der Waals surface area (Å²) in [6.07, 6.45) is 0. The van der Waals surface area contributed by atoms with Crippen molar-refractivity contribution < 1.29 is 9.90 Å². The third kappa shape index (κ3) is 1.54. The summed E-state index contributed by atoms with van der Waals surface area (Å²) in [6, 6.07) is 3.14. The van der Waals surface area contributed by atoms with Gasteiger partial charge in [0, 0.05) is 0 Å². The first-order valence-corrected chi connectivity index (χ1v) is 5.05. The zero-order chi connectivity index (χ0) is 11.9. The second-order valence-electron chi connectivity index (χ2n) is 3.97. The standard InChI is InChI=1S/C11H13N3O2/c1-6-4-9-10(5-7(6)2)14(13-12-9)8(3)11(15)16/h4-5,8H,1-3H3,(H,15,16). The van der Waals surface area contributed by atoms with Crippen LogP contribution in [0.4, 0.5) is 0 Å². The third-order valence-corrected chi connectivity index (χ3v) is 2.81. The Bertz CT molecular complexity index is 560. The van der Waals surface area contributed by atoms with Crippen molar-refractivity contribution in [3.05, 3.63) is 23.3 Å². The predicted octanol–water partition coefficient (Wildman–Crippen LogP) is 1.69. The number of aryl methyl sites for hydroxylation is 2. The summed E-state index contributed by atoms with van der Waals surface area (Å²) in [5.41, 5.74) is 3.73. The van der Waals surface area contributed by atoms with Crippen molar-refractivity contribution in [3.8, 4) is 0 Å². The molecule has 1 heterocycles. The minimum absolute atomic E-state index is 0.702. The highest BCUT2D eigenvalue weighted by atomic mass is 16.4. The quantitative estimate of drug-likeness (QED) is 0.834. The fourth-order valence-corrected chi connectivity index (χ4v) is 1.58. The molecule has 1 N–H and O–H groups in total. The molecule has 0 aliphatic rings. The van der Waals surface area contributed by atoms with Gasteiger partial charge in [-0.15, -0.1) is 5.10 Å². The Morgan fingerprint density at radius 3 is 2.62 bits per heavy atom. The number of hydrogen-bond donors (Lipinski definition) is 1. The molecule has 0 spiro atoms. The van der Waals surface area contributed by atoms with Crippen LogP contribution in [0.5, 0.6) is 0 Å². The van der Waals surface area contributed by atoms with Gasteiger partial charge in [-0.05, 0) is 44.0 Å². The molecule has 2 aromatic rings. The zero-order valence-electron chi connectivity index (χ0n) is 9.43. The molecule has 1 atom stereocenters. The van der Waals surface area contributed by atoms with E-state index < -0.39 is 12.0 Å². The highest BCUT2D eigenvalue weighted by molar-refractivity contribution is 5.79. The molecule has 1 unspecified atom stereocenters. The van der Waals surface area contributed by atoms with E-state index in [-0.39, 0.29) is 0 Å². The molecule has 0 bridgehead atoms. The number of aliphatic carboxylic acids is 1. The maximum atomic E-state index is 10.9. The molecule has 0 aliphatic carbocycles. The summed E-state index contributed by atoms with van der Waals surface area (Å²) in [4.78, 5) is 10.9. The van der Waals surface area contributed by atoms with Gasteiger partial charge in [-0.1, -0.05) is 5.21 Å². The molecule has 0 saturated heterocycles. The van der Waals surface area contributed by atoms with Gasteiger partial charge in [-0.3, -0.25) is 0 Å². The molecule has 1 aromatic carbocycles. The average molecular weight is 219 g/mol. The molecule has 1 aromatic heterocycles. The van der Waals surface area contributed by atoms with Gasteiger partial charge in [0.1, 0.15) is 11.6 Å². The molecule has 2 rings (SSSR count). The summed E-state index contributed by atoms with van der Waals surface area (Å²) >= 11 is 0. The lowest BCUT2D eigenvalue weighted by Gasteiger charge is -2.07. The topological polar surface area (TPSA) is 68.0 Å². The number of aromatic nitrogens is 3. The SMILES string of the molecule is Cc1cc2nnn(C(C)C(=O)O)c2cc1C. The lowest BCUT2D eigenvalue weighted by Crippen LogP contribution is -2.16. The van der Waals surface area contributed by atoms with Gasteiger partial charge in [-0.25, -0.2) is 9.48 Å². The van der Waals surface area contributed by atoms with Crippen molar-refractivity contribution in [2.75, 3.05) is 0 Å². The molecule has 0 saturated carbocycles. The zero-order valence-corrected chi connectivity index (χ0v) is 9.43. The summed E-state index contributed by atoms with van der Waals surface area (Å²) < 4.78 is 1.43. The highest BCUT2D eigenvalue weighted by Crippen LogP contribution is 2.19. The van der Waals surface area contributed by atoms with Crippen LogP contribution < -0.4 is 0 Å². The van der Waals surface area contributed by atoms with Crippen LogP contribution in [0.1, 0.15) is 24.1 Å². The number of fused-ring (bicyclic) bond motifs is 1. The van der Waals surface area contributed by atoms with E-state index in [1.165, 1.54) is 4.68 Å². The maximum Gasteiger partial charge on any atom is 0.328 e. The minimum Gasteiger partial charge on any atom is -0.480 e. The Kier molecular flexibility index (Phi) is 2.38. The molecule has 0 amide bonds. The van der Waals surface area contributed by atoms with Crippen molar-refractivity contribution in [2.24, 2.45) is 0 Å². The molecule has 0 aliphatic heterocycles. The van der Waals surface area contributed by atoms with Gasteiger partial charge in [0.05, 0.1) is 5.52 Å². The fourth-order valence-electron chi connectivity index (χ4n) is 1.58. The normalized spacial score (nSPS) is 12.9. The van der Waals surface area contributed by atoms with Crippen LogP contribution in [-0.4, -0.2) is 26.1 Å². The number of carboxylic acids is 1. The second-order valence-corrected chi connectivity index (χ2v) is 3.97. The lowest BCUT2D eigenvalue weighted by atomic mass is 10.1. The molecule has 5 nitrogen and oxygen atoms in total. The number of carboxylic acid groups (broad SMARTS) is 1. The van der Waals surface area contributed by atoms with Crippen LogP contribution in [-0.2, 0) is 4.79 Å². The van der Waals surface area contributed by atoms with E-state index in [1.54, 1.807) is 6.92 Å². The minimum atomic E-state index is -0.912.